The van der Waals surface area contributed by atoms with Crippen LogP contribution >= 0.6 is 0 Å². The van der Waals surface area contributed by atoms with E-state index in [1.165, 1.54) is 50.5 Å². The minimum Gasteiger partial charge on any atom is -0.394 e. The van der Waals surface area contributed by atoms with Crippen LogP contribution in [0.4, 0.5) is 0 Å². The van der Waals surface area contributed by atoms with E-state index >= 15 is 0 Å². The van der Waals surface area contributed by atoms with E-state index in [-0.39, 0.29) is 11.5 Å². The molecule has 0 bridgehead atoms. The zero-order valence-electron chi connectivity index (χ0n) is 42.4. The smallest absolute Gasteiger partial charge is 0.187 e. The predicted molar refractivity (Wildman–Crippen MR) is 250 cm³/mol. The average molecular weight is 1040 g/mol. The largest absolute Gasteiger partial charge is 0.394 e. The average Bonchev–Trinajstić information content (AvgIpc) is 3.72. The zero-order valence-corrected chi connectivity index (χ0v) is 42.4. The van der Waals surface area contributed by atoms with Crippen molar-refractivity contribution in [1.29, 1.82) is 0 Å². The van der Waals surface area contributed by atoms with Crippen LogP contribution in [0.2, 0.25) is 0 Å². The second-order valence-electron chi connectivity index (χ2n) is 23.5. The molecular formula is C51H86O21. The Kier molecular flexibility index (Phi) is 18.6. The summed E-state index contributed by atoms with van der Waals surface area (Å²) in [5.74, 6) is 4.22. The molecule has 4 aliphatic carbocycles. The molecule has 72 heavy (non-hydrogen) atoms. The van der Waals surface area contributed by atoms with E-state index in [0.29, 0.717) is 30.1 Å². The highest BCUT2D eigenvalue weighted by atomic mass is 16.8. The molecule has 0 amide bonds. The Morgan fingerprint density at radius 3 is 1.68 bits per heavy atom. The lowest BCUT2D eigenvalue weighted by Gasteiger charge is -2.58. The number of aliphatic hydroxyl groups excluding tert-OH is 13. The minimum absolute atomic E-state index is 0.0373. The van der Waals surface area contributed by atoms with Crippen LogP contribution < -0.4 is 0 Å². The van der Waals surface area contributed by atoms with Gasteiger partial charge >= 0.3 is 0 Å². The third-order valence-corrected chi connectivity index (χ3v) is 18.8. The van der Waals surface area contributed by atoms with E-state index in [0.717, 1.165) is 36.5 Å². The molecule has 0 aromatic heterocycles. The van der Waals surface area contributed by atoms with Crippen LogP contribution in [-0.4, -0.2) is 222 Å². The first-order valence-electron chi connectivity index (χ1n) is 26.7. The van der Waals surface area contributed by atoms with Crippen molar-refractivity contribution in [2.75, 3.05) is 26.4 Å². The van der Waals surface area contributed by atoms with E-state index in [1.807, 2.05) is 0 Å². The summed E-state index contributed by atoms with van der Waals surface area (Å²) >= 11 is 0. The van der Waals surface area contributed by atoms with E-state index in [9.17, 15) is 66.4 Å². The molecule has 8 rings (SSSR count). The Hall–Kier alpha value is -1.10. The topological polar surface area (TPSA) is 337 Å². The number of fused-ring (bicyclic) bond motifs is 5. The molecule has 9 unspecified atom stereocenters. The summed E-state index contributed by atoms with van der Waals surface area (Å²) in [4.78, 5) is 0. The maximum absolute atomic E-state index is 11.5. The van der Waals surface area contributed by atoms with Crippen molar-refractivity contribution in [3.63, 3.8) is 0 Å². The zero-order chi connectivity index (χ0) is 52.1. The van der Waals surface area contributed by atoms with E-state index in [4.69, 9.17) is 37.9 Å². The van der Waals surface area contributed by atoms with Crippen LogP contribution in [0.1, 0.15) is 105 Å². The van der Waals surface area contributed by atoms with E-state index < -0.39 is 149 Å². The molecule has 3 saturated carbocycles. The monoisotopic (exact) mass is 1030 g/mol. The maximum Gasteiger partial charge on any atom is 0.187 e. The van der Waals surface area contributed by atoms with Gasteiger partial charge in [0.25, 0.3) is 0 Å². The normalized spacial score (nSPS) is 51.3. The first-order chi connectivity index (χ1) is 34.2. The van der Waals surface area contributed by atoms with Crippen molar-refractivity contribution in [1.82, 2.24) is 0 Å². The molecule has 0 radical (unpaired) electrons. The molecule has 4 heterocycles. The highest BCUT2D eigenvalue weighted by Gasteiger charge is 2.60. The lowest BCUT2D eigenvalue weighted by molar-refractivity contribution is -0.374. The molecule has 416 valence electrons. The minimum atomic E-state index is -1.93. The number of rotatable bonds is 17. The summed E-state index contributed by atoms with van der Waals surface area (Å²) in [5.41, 5.74) is 1.78. The lowest BCUT2D eigenvalue weighted by atomic mass is 9.47. The van der Waals surface area contributed by atoms with Gasteiger partial charge in [0.15, 0.2) is 25.2 Å². The van der Waals surface area contributed by atoms with Gasteiger partial charge in [-0.2, -0.15) is 0 Å². The van der Waals surface area contributed by atoms with Crippen LogP contribution in [0.15, 0.2) is 11.6 Å². The van der Waals surface area contributed by atoms with Crippen LogP contribution in [0.3, 0.4) is 0 Å². The Morgan fingerprint density at radius 1 is 0.556 bits per heavy atom. The Labute approximate surface area is 421 Å². The summed E-state index contributed by atoms with van der Waals surface area (Å²) in [6, 6.07) is 0. The van der Waals surface area contributed by atoms with Crippen LogP contribution in [0, 0.1) is 46.3 Å². The predicted octanol–water partition coefficient (Wildman–Crippen LogP) is -1.31. The molecule has 28 atom stereocenters. The quantitative estimate of drug-likeness (QED) is 0.0752. The van der Waals surface area contributed by atoms with Gasteiger partial charge in [0, 0.05) is 0 Å². The Morgan fingerprint density at radius 2 is 1.08 bits per heavy atom. The molecule has 21 heteroatoms. The molecule has 21 nitrogen and oxygen atoms in total. The number of allylic oxidation sites excluding steroid dienone is 1. The van der Waals surface area contributed by atoms with Crippen molar-refractivity contribution in [3.8, 4) is 0 Å². The Bertz CT molecular complexity index is 1770. The second kappa shape index (κ2) is 23.5. The fourth-order valence-electron chi connectivity index (χ4n) is 14.5. The molecule has 4 aliphatic heterocycles. The molecule has 8 aliphatic rings. The first kappa shape index (κ1) is 57.1. The lowest BCUT2D eigenvalue weighted by Crippen LogP contribution is -2.66. The number of hydrogen-bond acceptors (Lipinski definition) is 21. The molecule has 0 aromatic rings. The highest BCUT2D eigenvalue weighted by molar-refractivity contribution is 5.25. The van der Waals surface area contributed by atoms with E-state index in [2.05, 4.69) is 40.7 Å². The van der Waals surface area contributed by atoms with Crippen molar-refractivity contribution >= 4 is 0 Å². The molecule has 7 fully saturated rings. The van der Waals surface area contributed by atoms with E-state index in [1.54, 1.807) is 0 Å². The van der Waals surface area contributed by atoms with Gasteiger partial charge in [-0.1, -0.05) is 65.5 Å². The molecule has 0 spiro atoms. The highest BCUT2D eigenvalue weighted by Crippen LogP contribution is 2.67. The number of aliphatic hydroxyl groups is 13. The summed E-state index contributed by atoms with van der Waals surface area (Å²) in [6.07, 6.45) is -19.3. The molecule has 0 aromatic carbocycles. The molecule has 13 N–H and O–H groups in total. The standard InChI is InChI=1S/C51H86O21/c1-22(2)7-6-8-23(3)27-11-12-28-26-10-9-24-17-25(13-15-50(24,4)29(26)14-16-51(27,28)5)66-47-43(64)39(60)45(32(20-54)69-47)72-49-41(62)37(58)35(56)33(70-49)21-65-46-42(63)38(59)44(31(19-53)68-46)71-48-40(61)36(57)34(55)30(18-52)67-48/h9,22-23,25-49,52-64H,6-8,10-21H2,1-5H3/t23-,25+,26+,27-,28+,29+,30?,31?,32?,33?,34-,35-,36?,37+,38?,39-,40?,41?,42+,43?,44-,45-,46-,47+,48-,49-,50+,51-/m1/s1. The van der Waals surface area contributed by atoms with Crippen LogP contribution in [0.5, 0.6) is 0 Å². The summed E-state index contributed by atoms with van der Waals surface area (Å²) < 4.78 is 46.4. The molecule has 4 saturated heterocycles. The number of hydrogen-bond donors (Lipinski definition) is 13. The van der Waals surface area contributed by atoms with Gasteiger partial charge in [-0.3, -0.25) is 0 Å². The summed E-state index contributed by atoms with van der Waals surface area (Å²) in [6.45, 7) is 9.12. The van der Waals surface area contributed by atoms with Gasteiger partial charge in [-0.15, -0.1) is 0 Å². The second-order valence-corrected chi connectivity index (χ2v) is 23.5. The third kappa shape index (κ3) is 11.0. The fourth-order valence-corrected chi connectivity index (χ4v) is 14.5. The van der Waals surface area contributed by atoms with Gasteiger partial charge in [-0.25, -0.2) is 0 Å². The molecular weight excluding hydrogens is 949 g/mol. The van der Waals surface area contributed by atoms with Gasteiger partial charge in [0.2, 0.25) is 0 Å². The van der Waals surface area contributed by atoms with Gasteiger partial charge < -0.3 is 104 Å². The van der Waals surface area contributed by atoms with Crippen molar-refractivity contribution in [2.24, 2.45) is 46.3 Å². The van der Waals surface area contributed by atoms with Crippen molar-refractivity contribution in [2.45, 2.75) is 234 Å². The summed E-state index contributed by atoms with van der Waals surface area (Å²) in [7, 11) is 0. The van der Waals surface area contributed by atoms with Gasteiger partial charge in [0.1, 0.15) is 97.7 Å². The number of ether oxygens (including phenoxy) is 8. The first-order valence-corrected chi connectivity index (χ1v) is 26.7. The van der Waals surface area contributed by atoms with Gasteiger partial charge in [-0.05, 0) is 97.7 Å². The van der Waals surface area contributed by atoms with Crippen LogP contribution in [0.25, 0.3) is 0 Å². The van der Waals surface area contributed by atoms with Gasteiger partial charge in [0.05, 0.1) is 32.5 Å². The van der Waals surface area contributed by atoms with Crippen molar-refractivity contribution < 1.29 is 104 Å². The maximum atomic E-state index is 11.5. The fraction of sp³-hybridized carbons (Fsp3) is 0.961. The van der Waals surface area contributed by atoms with Crippen molar-refractivity contribution in [3.05, 3.63) is 11.6 Å². The third-order valence-electron chi connectivity index (χ3n) is 18.8. The van der Waals surface area contributed by atoms with Crippen LogP contribution in [-0.2, 0) is 37.9 Å². The summed E-state index contributed by atoms with van der Waals surface area (Å²) in [5, 5.41) is 139. The Balaban J connectivity index is 0.848. The SMILES string of the molecule is CC(C)CCC[C@@H](C)[C@H]1CC[C@H]2[C@@H]3CC=C4C[C@@H](O[C@H]5OC(CO)[C@@H](O[C@H]6OC(CO[C@@H]7OC(CO)[C@@H](O[C@H]8OC(CO)[C@@H](O)C(O)C8O)C(O)[C@@H]7O)[C@@H](O)[C@H](O)C6O)[C@H](O)C5O)CC[C@]4(C)[C@H]3CC[C@]12C.